The van der Waals surface area contributed by atoms with Crippen LogP contribution in [0.3, 0.4) is 0 Å². The SMILES string of the molecule is O=Cc1ccc(N(CCO)CCOCCN(CCO)c2ccc(C=O)cc2)cc1. The van der Waals surface area contributed by atoms with Crippen LogP contribution in [0.1, 0.15) is 20.7 Å². The van der Waals surface area contributed by atoms with Gasteiger partial charge in [-0.15, -0.1) is 0 Å². The molecular formula is C22H28N2O5. The molecule has 2 aromatic rings. The lowest BCUT2D eigenvalue weighted by molar-refractivity contribution is 0.111. The Labute approximate surface area is 171 Å². The lowest BCUT2D eigenvalue weighted by Gasteiger charge is -2.26. The summed E-state index contributed by atoms with van der Waals surface area (Å²) in [7, 11) is 0. The number of benzene rings is 2. The van der Waals surface area contributed by atoms with Crippen molar-refractivity contribution in [2.75, 3.05) is 62.4 Å². The summed E-state index contributed by atoms with van der Waals surface area (Å²) in [5.74, 6) is 0. The second-order valence-corrected chi connectivity index (χ2v) is 6.45. The Balaban J connectivity index is 1.82. The van der Waals surface area contributed by atoms with E-state index in [2.05, 4.69) is 0 Å². The quantitative estimate of drug-likeness (QED) is 0.368. The molecule has 0 aliphatic carbocycles. The van der Waals surface area contributed by atoms with Crippen LogP contribution in [0.15, 0.2) is 48.5 Å². The van der Waals surface area contributed by atoms with Gasteiger partial charge in [-0.1, -0.05) is 0 Å². The number of aliphatic hydroxyl groups excluding tert-OH is 2. The summed E-state index contributed by atoms with van der Waals surface area (Å²) in [6.07, 6.45) is 1.60. The van der Waals surface area contributed by atoms with Crippen molar-refractivity contribution in [3.05, 3.63) is 59.7 Å². The molecule has 0 heterocycles. The molecule has 0 fully saturated rings. The Hall–Kier alpha value is -2.74. The first-order valence-electron chi connectivity index (χ1n) is 9.61. The van der Waals surface area contributed by atoms with Gasteiger partial charge in [0.2, 0.25) is 0 Å². The van der Waals surface area contributed by atoms with E-state index in [4.69, 9.17) is 4.74 Å². The van der Waals surface area contributed by atoms with E-state index < -0.39 is 0 Å². The zero-order valence-corrected chi connectivity index (χ0v) is 16.4. The summed E-state index contributed by atoms with van der Waals surface area (Å²) >= 11 is 0. The maximum Gasteiger partial charge on any atom is 0.150 e. The largest absolute Gasteiger partial charge is 0.395 e. The average molecular weight is 400 g/mol. The molecule has 0 amide bonds. The molecule has 0 spiro atoms. The zero-order chi connectivity index (χ0) is 20.9. The van der Waals surface area contributed by atoms with Gasteiger partial charge in [-0.25, -0.2) is 0 Å². The number of nitrogens with zero attached hydrogens (tertiary/aromatic N) is 2. The molecule has 0 unspecified atom stereocenters. The van der Waals surface area contributed by atoms with E-state index in [1.807, 2.05) is 34.1 Å². The number of hydrogen-bond donors (Lipinski definition) is 2. The summed E-state index contributed by atoms with van der Waals surface area (Å²) in [6.45, 7) is 3.17. The van der Waals surface area contributed by atoms with Crippen LogP contribution >= 0.6 is 0 Å². The summed E-state index contributed by atoms with van der Waals surface area (Å²) < 4.78 is 5.76. The van der Waals surface area contributed by atoms with Crippen LogP contribution in [-0.2, 0) is 4.74 Å². The summed E-state index contributed by atoms with van der Waals surface area (Å²) in [6, 6.07) is 14.4. The fraction of sp³-hybridized carbons (Fsp3) is 0.364. The van der Waals surface area contributed by atoms with Gasteiger partial charge >= 0.3 is 0 Å². The van der Waals surface area contributed by atoms with Crippen molar-refractivity contribution in [2.45, 2.75) is 0 Å². The number of hydrogen-bond acceptors (Lipinski definition) is 7. The predicted molar refractivity (Wildman–Crippen MR) is 113 cm³/mol. The average Bonchev–Trinajstić information content (AvgIpc) is 2.77. The van der Waals surface area contributed by atoms with Gasteiger partial charge in [-0.3, -0.25) is 9.59 Å². The number of rotatable bonds is 14. The van der Waals surface area contributed by atoms with Gasteiger partial charge in [0.25, 0.3) is 0 Å². The maximum absolute atomic E-state index is 10.8. The summed E-state index contributed by atoms with van der Waals surface area (Å²) in [4.78, 5) is 25.6. The molecule has 7 nitrogen and oxygen atoms in total. The van der Waals surface area contributed by atoms with Gasteiger partial charge in [-0.05, 0) is 48.5 Å². The van der Waals surface area contributed by atoms with E-state index in [1.165, 1.54) is 0 Å². The van der Waals surface area contributed by atoms with E-state index in [9.17, 15) is 19.8 Å². The molecule has 2 rings (SSSR count). The van der Waals surface area contributed by atoms with Crippen molar-refractivity contribution in [3.8, 4) is 0 Å². The highest BCUT2D eigenvalue weighted by atomic mass is 16.5. The minimum atomic E-state index is 0.0243. The van der Waals surface area contributed by atoms with Gasteiger partial charge < -0.3 is 24.7 Å². The van der Waals surface area contributed by atoms with Crippen molar-refractivity contribution in [3.63, 3.8) is 0 Å². The lowest BCUT2D eigenvalue weighted by atomic mass is 10.2. The van der Waals surface area contributed by atoms with E-state index in [-0.39, 0.29) is 13.2 Å². The number of aliphatic hydroxyl groups is 2. The number of aldehydes is 2. The standard InChI is InChI=1S/C22H28N2O5/c25-13-9-23(21-5-1-19(17-27)2-6-21)11-15-29-16-12-24(10-14-26)22-7-3-20(18-28)4-8-22/h1-8,17-18,25-26H,9-16H2. The molecule has 0 aliphatic rings. The molecule has 0 radical (unpaired) electrons. The van der Waals surface area contributed by atoms with E-state index in [1.54, 1.807) is 24.3 Å². The van der Waals surface area contributed by atoms with Gasteiger partial charge in [0.15, 0.2) is 0 Å². The maximum atomic E-state index is 10.8. The number of carbonyl (C=O) groups is 2. The van der Waals surface area contributed by atoms with Crippen molar-refractivity contribution >= 4 is 23.9 Å². The van der Waals surface area contributed by atoms with Crippen LogP contribution in [0.5, 0.6) is 0 Å². The van der Waals surface area contributed by atoms with Crippen molar-refractivity contribution in [2.24, 2.45) is 0 Å². The van der Waals surface area contributed by atoms with Gasteiger partial charge in [-0.2, -0.15) is 0 Å². The van der Waals surface area contributed by atoms with Gasteiger partial charge in [0.1, 0.15) is 12.6 Å². The molecule has 156 valence electrons. The van der Waals surface area contributed by atoms with E-state index in [0.29, 0.717) is 50.5 Å². The van der Waals surface area contributed by atoms with Crippen molar-refractivity contribution < 1.29 is 24.5 Å². The fourth-order valence-electron chi connectivity index (χ4n) is 2.96. The first kappa shape index (κ1) is 22.5. The number of carbonyl (C=O) groups excluding carboxylic acids is 2. The van der Waals surface area contributed by atoms with Gasteiger partial charge in [0.05, 0.1) is 26.4 Å². The molecule has 7 heteroatoms. The molecule has 0 atom stereocenters. The third-order valence-electron chi connectivity index (χ3n) is 4.54. The third-order valence-corrected chi connectivity index (χ3v) is 4.54. The second-order valence-electron chi connectivity index (χ2n) is 6.45. The van der Waals surface area contributed by atoms with E-state index in [0.717, 1.165) is 23.9 Å². The Kier molecular flexibility index (Phi) is 9.85. The highest BCUT2D eigenvalue weighted by Crippen LogP contribution is 2.15. The molecule has 2 aromatic carbocycles. The summed E-state index contributed by atoms with van der Waals surface area (Å²) in [5.41, 5.74) is 3.06. The molecule has 0 saturated heterocycles. The lowest BCUT2D eigenvalue weighted by Crippen LogP contribution is -2.33. The minimum absolute atomic E-state index is 0.0243. The predicted octanol–water partition coefficient (Wildman–Crippen LogP) is 1.63. The molecule has 29 heavy (non-hydrogen) atoms. The molecule has 2 N–H and O–H groups in total. The monoisotopic (exact) mass is 400 g/mol. The molecule has 0 saturated carbocycles. The Bertz CT molecular complexity index is 670. The normalized spacial score (nSPS) is 10.6. The van der Waals surface area contributed by atoms with Gasteiger partial charge in [0, 0.05) is 48.7 Å². The summed E-state index contributed by atoms with van der Waals surface area (Å²) in [5, 5.41) is 18.6. The number of anilines is 2. The van der Waals surface area contributed by atoms with Crippen LogP contribution in [0.4, 0.5) is 11.4 Å². The first-order chi connectivity index (χ1) is 14.2. The Morgan fingerprint density at radius 3 is 1.34 bits per heavy atom. The molecule has 0 aromatic heterocycles. The second kappa shape index (κ2) is 12.7. The molecule has 0 bridgehead atoms. The van der Waals surface area contributed by atoms with Crippen LogP contribution < -0.4 is 9.80 Å². The smallest absolute Gasteiger partial charge is 0.150 e. The number of ether oxygens (including phenoxy) is 1. The van der Waals surface area contributed by atoms with E-state index >= 15 is 0 Å². The fourth-order valence-corrected chi connectivity index (χ4v) is 2.96. The van der Waals surface area contributed by atoms with Crippen molar-refractivity contribution in [1.29, 1.82) is 0 Å². The zero-order valence-electron chi connectivity index (χ0n) is 16.4. The first-order valence-corrected chi connectivity index (χ1v) is 9.61. The highest BCUT2D eigenvalue weighted by Gasteiger charge is 2.08. The topological polar surface area (TPSA) is 90.3 Å². The molecule has 0 aliphatic heterocycles. The van der Waals surface area contributed by atoms with Crippen LogP contribution in [-0.4, -0.2) is 75.4 Å². The third kappa shape index (κ3) is 7.30. The molecular weight excluding hydrogens is 372 g/mol. The van der Waals surface area contributed by atoms with Crippen LogP contribution in [0.25, 0.3) is 0 Å². The Morgan fingerprint density at radius 1 is 0.655 bits per heavy atom. The van der Waals surface area contributed by atoms with Crippen LogP contribution in [0.2, 0.25) is 0 Å². The Morgan fingerprint density at radius 2 is 1.03 bits per heavy atom. The van der Waals surface area contributed by atoms with Crippen molar-refractivity contribution in [1.82, 2.24) is 0 Å². The van der Waals surface area contributed by atoms with Crippen LogP contribution in [0, 0.1) is 0 Å². The minimum Gasteiger partial charge on any atom is -0.395 e. The highest BCUT2D eigenvalue weighted by molar-refractivity contribution is 5.76.